The van der Waals surface area contributed by atoms with Crippen LogP contribution in [0, 0.1) is 0 Å². The first-order chi connectivity index (χ1) is 15.3. The van der Waals surface area contributed by atoms with Crippen molar-refractivity contribution in [2.45, 2.75) is 26.7 Å². The summed E-state index contributed by atoms with van der Waals surface area (Å²) < 4.78 is 21.4. The zero-order chi connectivity index (χ0) is 23.5. The van der Waals surface area contributed by atoms with Gasteiger partial charge in [0, 0.05) is 18.3 Å². The second-order valence-corrected chi connectivity index (χ2v) is 7.38. The van der Waals surface area contributed by atoms with Crippen LogP contribution in [0.5, 0.6) is 11.5 Å². The third-order valence-electron chi connectivity index (χ3n) is 4.52. The van der Waals surface area contributed by atoms with Gasteiger partial charge >= 0.3 is 11.9 Å². The van der Waals surface area contributed by atoms with Gasteiger partial charge in [-0.2, -0.15) is 0 Å². The average Bonchev–Trinajstić information content (AvgIpc) is 2.77. The van der Waals surface area contributed by atoms with E-state index in [-0.39, 0.29) is 5.97 Å². The molecule has 0 aromatic heterocycles. The molecule has 0 atom stereocenters. The molecule has 2 rings (SSSR count). The fourth-order valence-corrected chi connectivity index (χ4v) is 2.79. The Balaban J connectivity index is 2.14. The van der Waals surface area contributed by atoms with E-state index in [1.54, 1.807) is 33.1 Å². The summed E-state index contributed by atoms with van der Waals surface area (Å²) in [5.41, 5.74) is 3.70. The van der Waals surface area contributed by atoms with E-state index in [0.29, 0.717) is 49.6 Å². The smallest absolute Gasteiger partial charge is 0.338 e. The number of hydrogen-bond donors (Lipinski definition) is 0. The molecule has 170 valence electrons. The van der Waals surface area contributed by atoms with E-state index in [4.69, 9.17) is 18.9 Å². The molecular formula is C26H30O6. The molecule has 0 saturated carbocycles. The first kappa shape index (κ1) is 24.9. The second kappa shape index (κ2) is 12.5. The van der Waals surface area contributed by atoms with Crippen LogP contribution < -0.4 is 9.47 Å². The normalized spacial score (nSPS) is 10.3. The molecule has 0 fully saturated rings. The lowest BCUT2D eigenvalue weighted by molar-refractivity contribution is -0.139. The fraction of sp³-hybridized carbons (Fsp3) is 0.308. The summed E-state index contributed by atoms with van der Waals surface area (Å²) in [6, 6.07) is 13.2. The molecule has 2 aromatic carbocycles. The lowest BCUT2D eigenvalue weighted by Crippen LogP contribution is -2.08. The Bertz CT molecular complexity index is 959. The Kier molecular flexibility index (Phi) is 9.70. The topological polar surface area (TPSA) is 71.1 Å². The van der Waals surface area contributed by atoms with E-state index < -0.39 is 5.97 Å². The first-order valence-corrected chi connectivity index (χ1v) is 10.4. The van der Waals surface area contributed by atoms with Crippen LogP contribution in [0.15, 0.2) is 66.8 Å². The van der Waals surface area contributed by atoms with E-state index in [0.717, 1.165) is 22.4 Å². The monoisotopic (exact) mass is 438 g/mol. The van der Waals surface area contributed by atoms with Gasteiger partial charge in [-0.3, -0.25) is 0 Å². The predicted molar refractivity (Wildman–Crippen MR) is 124 cm³/mol. The molecule has 0 unspecified atom stereocenters. The van der Waals surface area contributed by atoms with Crippen LogP contribution in [-0.4, -0.2) is 38.9 Å². The third kappa shape index (κ3) is 7.71. The molecular weight excluding hydrogens is 408 g/mol. The van der Waals surface area contributed by atoms with Gasteiger partial charge in [0.25, 0.3) is 0 Å². The maximum absolute atomic E-state index is 11.7. The molecule has 6 heteroatoms. The van der Waals surface area contributed by atoms with E-state index >= 15 is 0 Å². The number of carbonyl (C=O) groups is 2. The van der Waals surface area contributed by atoms with Crippen molar-refractivity contribution < 1.29 is 28.5 Å². The molecule has 0 spiro atoms. The number of ether oxygens (including phenoxy) is 4. The lowest BCUT2D eigenvalue weighted by Gasteiger charge is -2.14. The second-order valence-electron chi connectivity index (χ2n) is 7.38. The number of methoxy groups -OCH3 is 1. The Hall–Kier alpha value is -3.38. The van der Waals surface area contributed by atoms with Gasteiger partial charge < -0.3 is 18.9 Å². The highest BCUT2D eigenvalue weighted by atomic mass is 16.5. The van der Waals surface area contributed by atoms with Crippen LogP contribution in [-0.2, 0) is 25.5 Å². The van der Waals surface area contributed by atoms with Gasteiger partial charge in [-0.15, -0.1) is 0 Å². The van der Waals surface area contributed by atoms with Crippen LogP contribution in [0.3, 0.4) is 0 Å². The number of rotatable bonds is 12. The van der Waals surface area contributed by atoms with Crippen molar-refractivity contribution in [3.8, 4) is 22.6 Å². The molecule has 0 radical (unpaired) electrons. The van der Waals surface area contributed by atoms with E-state index in [1.807, 2.05) is 24.3 Å². The summed E-state index contributed by atoms with van der Waals surface area (Å²) in [6.07, 6.45) is 1.33. The summed E-state index contributed by atoms with van der Waals surface area (Å²) in [5.74, 6) is 0.387. The Morgan fingerprint density at radius 3 is 2.12 bits per heavy atom. The minimum atomic E-state index is -0.454. The molecule has 32 heavy (non-hydrogen) atoms. The molecule has 6 nitrogen and oxygen atoms in total. The number of carbonyl (C=O) groups excluding carboxylic acids is 2. The van der Waals surface area contributed by atoms with Crippen molar-refractivity contribution in [2.75, 3.05) is 26.9 Å². The minimum absolute atomic E-state index is 0.302. The van der Waals surface area contributed by atoms with Crippen LogP contribution in [0.1, 0.15) is 25.8 Å². The zero-order valence-corrected chi connectivity index (χ0v) is 18.9. The fourth-order valence-electron chi connectivity index (χ4n) is 2.79. The van der Waals surface area contributed by atoms with Crippen molar-refractivity contribution in [3.63, 3.8) is 0 Å². The molecule has 0 aliphatic rings. The van der Waals surface area contributed by atoms with Gasteiger partial charge in [-0.05, 0) is 67.6 Å². The number of aryl methyl sites for hydroxylation is 1. The molecule has 0 heterocycles. The Morgan fingerprint density at radius 1 is 0.844 bits per heavy atom. The van der Waals surface area contributed by atoms with Gasteiger partial charge in [0.15, 0.2) is 0 Å². The van der Waals surface area contributed by atoms with Crippen LogP contribution in [0.2, 0.25) is 0 Å². The summed E-state index contributed by atoms with van der Waals surface area (Å²) >= 11 is 0. The van der Waals surface area contributed by atoms with Crippen molar-refractivity contribution >= 4 is 11.9 Å². The van der Waals surface area contributed by atoms with Crippen molar-refractivity contribution in [1.82, 2.24) is 0 Å². The number of benzene rings is 2. The Labute approximate surface area is 189 Å². The highest BCUT2D eigenvalue weighted by Gasteiger charge is 2.10. The molecule has 0 bridgehead atoms. The van der Waals surface area contributed by atoms with Crippen molar-refractivity contribution in [2.24, 2.45) is 0 Å². The van der Waals surface area contributed by atoms with E-state index in [2.05, 4.69) is 19.2 Å². The number of hydrogen-bond acceptors (Lipinski definition) is 6. The summed E-state index contributed by atoms with van der Waals surface area (Å²) in [6.45, 7) is 11.6. The molecule has 0 saturated heterocycles. The summed E-state index contributed by atoms with van der Waals surface area (Å²) in [4.78, 5) is 23.3. The highest BCUT2D eigenvalue weighted by molar-refractivity contribution is 5.88. The summed E-state index contributed by atoms with van der Waals surface area (Å²) in [5, 5.41) is 0. The zero-order valence-electron chi connectivity index (χ0n) is 18.9. The van der Waals surface area contributed by atoms with Gasteiger partial charge in [0.05, 0.1) is 13.2 Å². The third-order valence-corrected chi connectivity index (χ3v) is 4.52. The maximum atomic E-state index is 11.7. The van der Waals surface area contributed by atoms with Crippen molar-refractivity contribution in [1.29, 1.82) is 0 Å². The highest BCUT2D eigenvalue weighted by Crippen LogP contribution is 2.29. The van der Waals surface area contributed by atoms with Crippen LogP contribution >= 0.6 is 0 Å². The maximum Gasteiger partial charge on any atom is 0.338 e. The average molecular weight is 439 g/mol. The quantitative estimate of drug-likeness (QED) is 0.203. The van der Waals surface area contributed by atoms with Gasteiger partial charge in [-0.1, -0.05) is 31.4 Å². The van der Waals surface area contributed by atoms with Crippen LogP contribution in [0.4, 0.5) is 0 Å². The van der Waals surface area contributed by atoms with Gasteiger partial charge in [0.1, 0.15) is 18.1 Å². The molecule has 2 aromatic rings. The van der Waals surface area contributed by atoms with Gasteiger partial charge in [-0.25, -0.2) is 9.59 Å². The standard InChI is InChI=1S/C26H30O6/c1-18(2)25(27)31-14-6-7-22-17-21(10-13-24(22)30-16-15-29-5)20-8-11-23(12-9-20)32-26(28)19(3)4/h8-13,17H,1,3,6-7,14-16H2,2,4-5H3. The lowest BCUT2D eigenvalue weighted by atomic mass is 10.00. The van der Waals surface area contributed by atoms with E-state index in [9.17, 15) is 9.59 Å². The minimum Gasteiger partial charge on any atom is -0.491 e. The summed E-state index contributed by atoms with van der Waals surface area (Å²) in [7, 11) is 1.63. The SMILES string of the molecule is C=C(C)C(=O)OCCCc1cc(-c2ccc(OC(=O)C(=C)C)cc2)ccc1OCCOC. The van der Waals surface area contributed by atoms with Gasteiger partial charge in [0.2, 0.25) is 0 Å². The van der Waals surface area contributed by atoms with Crippen molar-refractivity contribution in [3.05, 3.63) is 72.3 Å². The van der Waals surface area contributed by atoms with E-state index in [1.165, 1.54) is 0 Å². The molecule has 0 N–H and O–H groups in total. The number of esters is 2. The first-order valence-electron chi connectivity index (χ1n) is 10.4. The Morgan fingerprint density at radius 2 is 1.50 bits per heavy atom. The van der Waals surface area contributed by atoms with Crippen LogP contribution in [0.25, 0.3) is 11.1 Å². The molecule has 0 amide bonds. The predicted octanol–water partition coefficient (Wildman–Crippen LogP) is 4.91. The molecule has 0 aliphatic carbocycles. The molecule has 0 aliphatic heterocycles. The largest absolute Gasteiger partial charge is 0.491 e.